The molecule has 7 saturated heterocycles. The van der Waals surface area contributed by atoms with Crippen LogP contribution in [0.4, 0.5) is 18.4 Å². The van der Waals surface area contributed by atoms with Gasteiger partial charge in [-0.25, -0.2) is 18.4 Å². The van der Waals surface area contributed by atoms with E-state index in [1.807, 2.05) is 20.2 Å². The molecule has 0 spiro atoms. The fourth-order valence-electron chi connectivity index (χ4n) is 22.5. The highest BCUT2D eigenvalue weighted by Gasteiger charge is 2.55. The van der Waals surface area contributed by atoms with E-state index in [1.165, 1.54) is 12.1 Å². The number of halogens is 2. The summed E-state index contributed by atoms with van der Waals surface area (Å²) in [7, 11) is 1.39. The number of piperidine rings is 2. The van der Waals surface area contributed by atoms with Crippen molar-refractivity contribution in [3.05, 3.63) is 94.7 Å². The number of likely N-dealkylation sites (tertiary alicyclic amines) is 2. The molecule has 7 aliphatic heterocycles. The van der Waals surface area contributed by atoms with Gasteiger partial charge < -0.3 is 66.0 Å². The van der Waals surface area contributed by atoms with Crippen LogP contribution >= 0.6 is 102 Å². The van der Waals surface area contributed by atoms with Gasteiger partial charge in [0.15, 0.2) is 0 Å². The minimum Gasteiger partial charge on any atom is -0.453 e. The molecule has 10 aliphatic carbocycles. The van der Waals surface area contributed by atoms with E-state index in [-0.39, 0.29) is 93.4 Å². The van der Waals surface area contributed by atoms with Crippen LogP contribution < -0.4 is 37.2 Å². The van der Waals surface area contributed by atoms with E-state index in [4.69, 9.17) is 14.2 Å². The lowest BCUT2D eigenvalue weighted by Crippen LogP contribution is -2.61. The van der Waals surface area contributed by atoms with Crippen LogP contribution in [-0.4, -0.2) is 281 Å². The summed E-state index contributed by atoms with van der Waals surface area (Å²) >= 11 is 14.5. The first kappa shape index (κ1) is 113. The normalized spacial score (nSPS) is 28.5. The maximum Gasteiger partial charge on any atom is 0.407 e. The molecule has 26 rings (SSSR count). The van der Waals surface area contributed by atoms with Crippen LogP contribution in [0.5, 0.6) is 0 Å². The van der Waals surface area contributed by atoms with Gasteiger partial charge in [0.2, 0.25) is 35.4 Å². The molecule has 9 aromatic rings. The van der Waals surface area contributed by atoms with Crippen molar-refractivity contribution in [3.8, 4) is 0 Å². The number of morpholine rings is 1. The molecule has 808 valence electrons. The number of ether oxygens (including phenoxy) is 4. The van der Waals surface area contributed by atoms with Crippen LogP contribution in [0, 0.1) is 5.92 Å². The summed E-state index contributed by atoms with van der Waals surface area (Å²) in [6, 6.07) is 1.37. The number of nitrogens with zero attached hydrogens (tertiary/aromatic N) is 21. The molecule has 6 bridgehead atoms. The van der Waals surface area contributed by atoms with Crippen LogP contribution in [0.3, 0.4) is 0 Å². The van der Waals surface area contributed by atoms with Gasteiger partial charge in [-0.15, -0.1) is 194 Å². The fourth-order valence-corrected chi connectivity index (χ4v) is 29.3. The van der Waals surface area contributed by atoms with Gasteiger partial charge in [-0.05, 0) is 244 Å². The zero-order valence-corrected chi connectivity index (χ0v) is 92.4. The van der Waals surface area contributed by atoms with Crippen molar-refractivity contribution in [2.24, 2.45) is 5.92 Å². The van der Waals surface area contributed by atoms with E-state index in [9.17, 15) is 47.1 Å². The molecule has 9 aromatic heterocycles. The van der Waals surface area contributed by atoms with Gasteiger partial charge in [-0.2, -0.15) is 0 Å². The highest BCUT2D eigenvalue weighted by molar-refractivity contribution is 7.11. The van der Waals surface area contributed by atoms with Crippen molar-refractivity contribution in [2.45, 2.75) is 365 Å². The second kappa shape index (κ2) is 55.1. The number of nitrogens with one attached hydrogen (secondary N) is 7. The zero-order valence-electron chi connectivity index (χ0n) is 85.1. The first-order valence-corrected chi connectivity index (χ1v) is 59.9. The van der Waals surface area contributed by atoms with Gasteiger partial charge in [0.1, 0.15) is 106 Å². The number of amides is 9. The first-order chi connectivity index (χ1) is 71.7. The van der Waals surface area contributed by atoms with Gasteiger partial charge in [-0.1, -0.05) is 0 Å². The molecular weight excluding hydrogens is 2080 g/mol. The van der Waals surface area contributed by atoms with Crippen LogP contribution in [0.1, 0.15) is 346 Å². The molecule has 16 heterocycles. The Kier molecular flexibility index (Phi) is 42.1. The van der Waals surface area contributed by atoms with Crippen molar-refractivity contribution in [2.75, 3.05) is 79.4 Å². The average molecular weight is 2220 g/mol. The Labute approximate surface area is 897 Å². The molecule has 10 saturated carbocycles. The first-order valence-electron chi connectivity index (χ1n) is 52.0. The van der Waals surface area contributed by atoms with E-state index in [1.54, 1.807) is 181 Å². The molecule has 0 radical (unpaired) electrons. The van der Waals surface area contributed by atoms with E-state index < -0.39 is 6.43 Å². The van der Waals surface area contributed by atoms with E-state index >= 15 is 0 Å². The third kappa shape index (κ3) is 32.6. The van der Waals surface area contributed by atoms with Crippen molar-refractivity contribution in [3.63, 3.8) is 0 Å². The molecule has 0 unspecified atom stereocenters. The fraction of sp³-hybridized carbons (Fsp3) is 0.732. The SMILES string of the molecule is CC(=O)N1CCC(c2nncs2)CC1.CC(=O)NC12CCC(c3nncs3)(CC1)CC2.CC(=O)NC12CCC(c3nncs3)(CC1)OC2.CC(=O)NC12CCC(c3nncs3)(CC1)OC2.CC(=O)NC1CCC(c2nncs2)CC1.COC(=O)NC1CCC(c2nncs2)CC1.FC(F)CN1CCC(c2nncs2)CC1.O=C(NC1CCC(c2nncs2)CC1)C1CC1.O=C(NC1CCC(c2nncs2)CC1)N1CCOCC1. The molecule has 7 N–H and O–H groups in total. The summed E-state index contributed by atoms with van der Waals surface area (Å²) in [6.07, 6.45) is 34.8. The predicted octanol–water partition coefficient (Wildman–Crippen LogP) is 15.0. The highest BCUT2D eigenvalue weighted by atomic mass is 32.1. The molecule has 0 aromatic carbocycles. The Morgan fingerprint density at radius 1 is 0.351 bits per heavy atom. The minimum atomic E-state index is -2.22. The molecule has 0 atom stereocenters. The number of rotatable bonds is 19. The number of hydrogen-bond acceptors (Lipinski definition) is 40. The molecule has 40 nitrogen and oxygen atoms in total. The van der Waals surface area contributed by atoms with Gasteiger partial charge >= 0.3 is 12.1 Å². The largest absolute Gasteiger partial charge is 0.453 e. The number of methoxy groups -OCH3 is 1. The van der Waals surface area contributed by atoms with Crippen molar-refractivity contribution in [1.82, 2.24) is 144 Å². The molecule has 51 heteroatoms. The third-order valence-corrected chi connectivity index (χ3v) is 39.0. The lowest BCUT2D eigenvalue weighted by atomic mass is 9.57. The highest BCUT2D eigenvalue weighted by Crippen LogP contribution is 2.55. The van der Waals surface area contributed by atoms with Crippen LogP contribution in [-0.2, 0) is 64.3 Å². The third-order valence-electron chi connectivity index (χ3n) is 31.2. The monoisotopic (exact) mass is 2210 g/mol. The number of carbonyl (C=O) groups is 8. The second-order valence-electron chi connectivity index (χ2n) is 41.2. The lowest BCUT2D eigenvalue weighted by molar-refractivity contribution is -0.171. The Balaban J connectivity index is 0.000000125. The number of fused-ring (bicyclic) bond motifs is 9. The van der Waals surface area contributed by atoms with Gasteiger partial charge in [0, 0.05) is 137 Å². The average Bonchev–Trinajstić information content (AvgIpc) is 1.17. The Hall–Kier alpha value is -8.90. The smallest absolute Gasteiger partial charge is 0.407 e. The van der Waals surface area contributed by atoms with Gasteiger partial charge in [-0.3, -0.25) is 33.7 Å². The summed E-state index contributed by atoms with van der Waals surface area (Å²) in [4.78, 5) is 96.1. The topological polar surface area (TPSA) is 499 Å². The van der Waals surface area contributed by atoms with Crippen molar-refractivity contribution in [1.29, 1.82) is 0 Å². The second-order valence-corrected chi connectivity index (χ2v) is 48.9. The summed E-state index contributed by atoms with van der Waals surface area (Å²) in [5.41, 5.74) is 15.6. The minimum absolute atomic E-state index is 0.0268. The van der Waals surface area contributed by atoms with Crippen LogP contribution in [0.25, 0.3) is 0 Å². The Bertz CT molecular complexity index is 5180. The Morgan fingerprint density at radius 2 is 0.669 bits per heavy atom. The standard InChI is InChI=1S/C13H20N4O2S.2C12H17N3OS.2C11H15N3O2S.C10H15N3O2S.C10H15N3OS.C9H13F2N3S.C9H13N3OS/c18-13(17-5-7-19-8-6-17)15-11-3-1-10(2-4-11)12-16-14-9-20-12;1-9(16)14-12-5-2-11(3-6-12,4-7-12)10-15-13-8-17-10;16-11(8-1-2-8)14-10-5-3-9(4-6-10)12-15-13-7-17-12;2*1-8(15)13-10-2-4-11(5-3-10,16-6-10)9-14-12-7-17-9;1-15-10(14)12-8-4-2-7(3-5-8)9-13-11-6-16-9;1-7(14)12-9-4-2-8(3-5-9)10-13-11-6-15-10;10-8(11)5-14-3-1-7(2-4-14)9-13-12-6-15-9;1-7(13)12-4-2-8(3-5-12)9-11-10-6-14-9/h9-11H,1-8H2,(H,15,18);8H,2-7H2,1H3,(H,14,16);7-10H,1-6H2,(H,14,16);2*7H,2-6H2,1H3,(H,13,15);6-8H,2-5H2,1H3,(H,12,14);6,8-9H,2-5H2,1H3,(H,12,14);6-8H,1-5H2;6,8H,2-5H2,1H3. The number of hydrogen-bond donors (Lipinski definition) is 7. The molecule has 9 amide bonds. The Morgan fingerprint density at radius 3 is 0.973 bits per heavy atom. The van der Waals surface area contributed by atoms with E-state index in [0.717, 1.165) is 297 Å². The van der Waals surface area contributed by atoms with E-state index in [0.29, 0.717) is 99.1 Å². The summed E-state index contributed by atoms with van der Waals surface area (Å²) < 4.78 is 46.1. The number of alkyl carbamates (subject to hydrolysis) is 1. The van der Waals surface area contributed by atoms with Gasteiger partial charge in [0.05, 0.1) is 51.2 Å². The molecule has 148 heavy (non-hydrogen) atoms. The molecule has 17 aliphatic rings. The zero-order chi connectivity index (χ0) is 104. The predicted molar refractivity (Wildman–Crippen MR) is 560 cm³/mol. The number of aromatic nitrogens is 18. The summed E-state index contributed by atoms with van der Waals surface area (Å²) in [5, 5.41) is 103. The van der Waals surface area contributed by atoms with Crippen LogP contribution in [0.15, 0.2) is 49.6 Å². The molecule has 17 fully saturated rings. The number of carbonyl (C=O) groups excluding carboxylic acids is 8. The van der Waals surface area contributed by atoms with Crippen molar-refractivity contribution < 1.29 is 66.1 Å². The quantitative estimate of drug-likeness (QED) is 0.0395. The maximum atomic E-state index is 12.1. The van der Waals surface area contributed by atoms with Crippen LogP contribution in [0.2, 0.25) is 0 Å². The number of alkyl halides is 2. The number of urea groups is 1. The summed E-state index contributed by atoms with van der Waals surface area (Å²) in [5.74, 6) is 4.13. The van der Waals surface area contributed by atoms with Gasteiger partial charge in [0.25, 0.3) is 6.43 Å². The lowest BCUT2D eigenvalue weighted by Gasteiger charge is -2.52. The summed E-state index contributed by atoms with van der Waals surface area (Å²) in [6.45, 7) is 15.0. The van der Waals surface area contributed by atoms with Crippen molar-refractivity contribution >= 4 is 150 Å². The van der Waals surface area contributed by atoms with E-state index in [2.05, 4.69) is 134 Å². The maximum absolute atomic E-state index is 12.1. The molecular formula is C97H140F2N28O12S9.